The Morgan fingerprint density at radius 1 is 1.27 bits per heavy atom. The first-order chi connectivity index (χ1) is 12.6. The highest BCUT2D eigenvalue weighted by Crippen LogP contribution is 2.31. The van der Waals surface area contributed by atoms with Crippen molar-refractivity contribution < 1.29 is 9.72 Å². The second-order valence-electron chi connectivity index (χ2n) is 6.17. The number of aryl methyl sites for hydroxylation is 1. The third kappa shape index (κ3) is 4.16. The highest BCUT2D eigenvalue weighted by Gasteiger charge is 2.23. The molecule has 0 atom stereocenters. The predicted octanol–water partition coefficient (Wildman–Crippen LogP) is 3.64. The third-order valence-corrected chi connectivity index (χ3v) is 5.35. The van der Waals surface area contributed by atoms with Crippen LogP contribution in [0.4, 0.5) is 16.5 Å². The van der Waals surface area contributed by atoms with Gasteiger partial charge >= 0.3 is 0 Å². The van der Waals surface area contributed by atoms with Crippen molar-refractivity contribution in [2.75, 3.05) is 23.3 Å². The van der Waals surface area contributed by atoms with Crippen LogP contribution in [-0.2, 0) is 6.42 Å². The molecule has 2 heterocycles. The summed E-state index contributed by atoms with van der Waals surface area (Å²) in [5.41, 5.74) is 0.784. The molecule has 0 bridgehead atoms. The Morgan fingerprint density at radius 2 is 2.00 bits per heavy atom. The molecule has 1 aliphatic rings. The van der Waals surface area contributed by atoms with Crippen molar-refractivity contribution in [3.05, 3.63) is 38.9 Å². The quantitative estimate of drug-likeness (QED) is 0.632. The molecular weight excluding hydrogens is 354 g/mol. The Kier molecular flexibility index (Phi) is 5.77. The largest absolute Gasteiger partial charge is 0.366 e. The van der Waals surface area contributed by atoms with Crippen LogP contribution in [0.5, 0.6) is 0 Å². The van der Waals surface area contributed by atoms with Crippen LogP contribution in [-0.4, -0.2) is 34.1 Å². The van der Waals surface area contributed by atoms with Gasteiger partial charge < -0.3 is 4.90 Å². The van der Waals surface area contributed by atoms with Gasteiger partial charge in [-0.15, -0.1) is 10.2 Å². The Labute approximate surface area is 155 Å². The number of benzene rings is 1. The van der Waals surface area contributed by atoms with Crippen LogP contribution in [0.1, 0.15) is 48.0 Å². The number of carbonyl (C=O) groups excluding carboxylic acids is 1. The van der Waals surface area contributed by atoms with Gasteiger partial charge in [-0.3, -0.25) is 20.2 Å². The number of amides is 1. The topological polar surface area (TPSA) is 101 Å². The molecule has 9 heteroatoms. The van der Waals surface area contributed by atoms with E-state index in [2.05, 4.69) is 15.5 Å². The van der Waals surface area contributed by atoms with Gasteiger partial charge in [0.25, 0.3) is 11.6 Å². The first kappa shape index (κ1) is 18.2. The van der Waals surface area contributed by atoms with Gasteiger partial charge in [-0.05, 0) is 31.4 Å². The maximum absolute atomic E-state index is 12.4. The zero-order valence-electron chi connectivity index (χ0n) is 14.6. The summed E-state index contributed by atoms with van der Waals surface area (Å²) in [5, 5.41) is 23.3. The van der Waals surface area contributed by atoms with Gasteiger partial charge in [0.1, 0.15) is 10.7 Å². The molecule has 1 fully saturated rings. The molecule has 0 aliphatic carbocycles. The summed E-state index contributed by atoms with van der Waals surface area (Å²) in [6.45, 7) is 3.56. The van der Waals surface area contributed by atoms with Gasteiger partial charge in [0, 0.05) is 24.7 Å². The Hall–Kier alpha value is -2.55. The summed E-state index contributed by atoms with van der Waals surface area (Å²) < 4.78 is 0. The lowest BCUT2D eigenvalue weighted by molar-refractivity contribution is -0.384. The summed E-state index contributed by atoms with van der Waals surface area (Å²) >= 11 is 1.30. The molecule has 138 valence electrons. The molecule has 1 aromatic heterocycles. The number of aromatic nitrogens is 2. The van der Waals surface area contributed by atoms with Crippen LogP contribution in [0.25, 0.3) is 0 Å². The van der Waals surface area contributed by atoms with Gasteiger partial charge in [-0.1, -0.05) is 31.1 Å². The minimum atomic E-state index is -0.422. The summed E-state index contributed by atoms with van der Waals surface area (Å²) in [6.07, 6.45) is 5.08. The minimum absolute atomic E-state index is 0.0361. The first-order valence-corrected chi connectivity index (χ1v) is 9.57. The van der Waals surface area contributed by atoms with E-state index in [0.717, 1.165) is 50.2 Å². The van der Waals surface area contributed by atoms with Gasteiger partial charge in [-0.2, -0.15) is 0 Å². The molecule has 0 unspecified atom stereocenters. The zero-order valence-corrected chi connectivity index (χ0v) is 15.4. The molecule has 2 aromatic rings. The van der Waals surface area contributed by atoms with Crippen LogP contribution in [0.2, 0.25) is 0 Å². The maximum Gasteiger partial charge on any atom is 0.293 e. The van der Waals surface area contributed by atoms with Crippen molar-refractivity contribution in [1.29, 1.82) is 0 Å². The van der Waals surface area contributed by atoms with E-state index in [-0.39, 0.29) is 11.3 Å². The minimum Gasteiger partial charge on any atom is -0.366 e. The average molecular weight is 375 g/mol. The molecular formula is C17H21N5O3S. The van der Waals surface area contributed by atoms with Crippen LogP contribution in [0.15, 0.2) is 18.2 Å². The molecule has 0 saturated carbocycles. The molecule has 26 heavy (non-hydrogen) atoms. The number of hydrogen-bond acceptors (Lipinski definition) is 7. The van der Waals surface area contributed by atoms with E-state index >= 15 is 0 Å². The second-order valence-corrected chi connectivity index (χ2v) is 7.23. The van der Waals surface area contributed by atoms with Crippen molar-refractivity contribution in [3.63, 3.8) is 0 Å². The summed E-state index contributed by atoms with van der Waals surface area (Å²) in [7, 11) is 0. The van der Waals surface area contributed by atoms with Gasteiger partial charge in [0.2, 0.25) is 5.13 Å². The van der Waals surface area contributed by atoms with Crippen LogP contribution >= 0.6 is 11.3 Å². The standard InChI is InChI=1S/C17H21N5O3S/c1-2-15-19-20-17(26-15)18-16(23)12-7-8-13(14(11-12)22(24)25)21-9-5-3-4-6-10-21/h7-8,11H,2-6,9-10H2,1H3,(H,18,20,23). The van der Waals surface area contributed by atoms with E-state index in [1.807, 2.05) is 11.8 Å². The normalized spacial score (nSPS) is 14.7. The highest BCUT2D eigenvalue weighted by molar-refractivity contribution is 7.15. The van der Waals surface area contributed by atoms with Crippen LogP contribution in [0, 0.1) is 10.1 Å². The van der Waals surface area contributed by atoms with Gasteiger partial charge in [0.15, 0.2) is 0 Å². The second kappa shape index (κ2) is 8.22. The summed E-state index contributed by atoms with van der Waals surface area (Å²) in [5.74, 6) is -0.422. The molecule has 1 aromatic carbocycles. The fraction of sp³-hybridized carbons (Fsp3) is 0.471. The van der Waals surface area contributed by atoms with Crippen molar-refractivity contribution in [2.45, 2.75) is 39.0 Å². The van der Waals surface area contributed by atoms with Gasteiger partial charge in [0.05, 0.1) is 4.92 Å². The maximum atomic E-state index is 12.4. The summed E-state index contributed by atoms with van der Waals surface area (Å²) in [6, 6.07) is 4.65. The smallest absolute Gasteiger partial charge is 0.293 e. The van der Waals surface area contributed by atoms with E-state index in [1.165, 1.54) is 17.4 Å². The number of hydrogen-bond donors (Lipinski definition) is 1. The molecule has 3 rings (SSSR count). The van der Waals surface area contributed by atoms with Gasteiger partial charge in [-0.25, -0.2) is 0 Å². The number of rotatable bonds is 5. The number of nitro groups is 1. The van der Waals surface area contributed by atoms with E-state index < -0.39 is 10.8 Å². The molecule has 0 radical (unpaired) electrons. The number of carbonyl (C=O) groups is 1. The average Bonchev–Trinajstić information content (AvgIpc) is 2.92. The zero-order chi connectivity index (χ0) is 18.5. The van der Waals surface area contributed by atoms with Crippen molar-refractivity contribution in [1.82, 2.24) is 10.2 Å². The monoisotopic (exact) mass is 375 g/mol. The molecule has 0 spiro atoms. The SMILES string of the molecule is CCc1nnc(NC(=O)c2ccc(N3CCCCCC3)c([N+](=O)[O-])c2)s1. The van der Waals surface area contributed by atoms with Crippen molar-refractivity contribution in [2.24, 2.45) is 0 Å². The summed E-state index contributed by atoms with van der Waals surface area (Å²) in [4.78, 5) is 25.6. The Balaban J connectivity index is 1.83. The molecule has 1 saturated heterocycles. The van der Waals surface area contributed by atoms with Crippen LogP contribution in [0.3, 0.4) is 0 Å². The molecule has 1 amide bonds. The van der Waals surface area contributed by atoms with E-state index in [4.69, 9.17) is 0 Å². The fourth-order valence-electron chi connectivity index (χ4n) is 3.01. The first-order valence-electron chi connectivity index (χ1n) is 8.75. The number of nitrogens with one attached hydrogen (secondary N) is 1. The number of nitro benzene ring substituents is 1. The molecule has 1 aliphatic heterocycles. The van der Waals surface area contributed by atoms with E-state index in [0.29, 0.717) is 10.8 Å². The lowest BCUT2D eigenvalue weighted by atomic mass is 10.1. The predicted molar refractivity (Wildman–Crippen MR) is 101 cm³/mol. The Morgan fingerprint density at radius 3 is 2.62 bits per heavy atom. The number of anilines is 2. The van der Waals surface area contributed by atoms with Crippen molar-refractivity contribution in [3.8, 4) is 0 Å². The van der Waals surface area contributed by atoms with Crippen LogP contribution < -0.4 is 10.2 Å². The fourth-order valence-corrected chi connectivity index (χ4v) is 3.68. The highest BCUT2D eigenvalue weighted by atomic mass is 32.1. The Bertz CT molecular complexity index is 799. The van der Waals surface area contributed by atoms with Crippen molar-refractivity contribution >= 4 is 33.8 Å². The van der Waals surface area contributed by atoms with E-state index in [9.17, 15) is 14.9 Å². The molecule has 8 nitrogen and oxygen atoms in total. The molecule has 1 N–H and O–H groups in total. The number of nitrogens with zero attached hydrogens (tertiary/aromatic N) is 4. The third-order valence-electron chi connectivity index (χ3n) is 4.37. The lowest BCUT2D eigenvalue weighted by Gasteiger charge is -2.22. The van der Waals surface area contributed by atoms with E-state index in [1.54, 1.807) is 12.1 Å². The lowest BCUT2D eigenvalue weighted by Crippen LogP contribution is -2.25.